The van der Waals surface area contributed by atoms with Crippen LogP contribution in [0.4, 0.5) is 5.69 Å². The minimum atomic E-state index is -0.786. The van der Waals surface area contributed by atoms with Gasteiger partial charge in [0.1, 0.15) is 23.0 Å². The molecule has 0 spiro atoms. The lowest BCUT2D eigenvalue weighted by Gasteiger charge is -2.08. The van der Waals surface area contributed by atoms with Crippen molar-refractivity contribution in [3.05, 3.63) is 70.7 Å². The first-order valence-electron chi connectivity index (χ1n) is 8.61. The fraction of sp³-hybridized carbons (Fsp3) is 0.190. The number of carbonyl (C=O) groups is 2. The van der Waals surface area contributed by atoms with Gasteiger partial charge in [0, 0.05) is 18.1 Å². The SMILES string of the molecule is Cc1ccc(NC(=O)COC(=O)c2c(C)oc(-n3cccc3)c2C#N)cc1C. The Morgan fingerprint density at radius 2 is 1.89 bits per heavy atom. The highest BCUT2D eigenvalue weighted by molar-refractivity contribution is 5.97. The number of rotatable bonds is 5. The van der Waals surface area contributed by atoms with Crippen molar-refractivity contribution in [3.8, 4) is 12.0 Å². The Kier molecular flexibility index (Phi) is 5.32. The number of esters is 1. The Morgan fingerprint density at radius 3 is 2.54 bits per heavy atom. The predicted octanol–water partition coefficient (Wildman–Crippen LogP) is 3.66. The number of aryl methyl sites for hydroxylation is 3. The van der Waals surface area contributed by atoms with Gasteiger partial charge in [-0.3, -0.25) is 9.36 Å². The topological polar surface area (TPSA) is 97.3 Å². The quantitative estimate of drug-likeness (QED) is 0.684. The number of aromatic nitrogens is 1. The van der Waals surface area contributed by atoms with Gasteiger partial charge in [-0.15, -0.1) is 0 Å². The van der Waals surface area contributed by atoms with Crippen LogP contribution in [0.15, 0.2) is 47.1 Å². The summed E-state index contributed by atoms with van der Waals surface area (Å²) >= 11 is 0. The van der Waals surface area contributed by atoms with Crippen LogP contribution in [0.3, 0.4) is 0 Å². The van der Waals surface area contributed by atoms with Crippen LogP contribution in [-0.4, -0.2) is 23.1 Å². The van der Waals surface area contributed by atoms with Crippen LogP contribution in [0.1, 0.15) is 32.8 Å². The zero-order valence-electron chi connectivity index (χ0n) is 15.8. The standard InChI is InChI=1S/C21H19N3O4/c1-13-6-7-16(10-14(13)2)23-18(25)12-27-21(26)19-15(3)28-20(17(19)11-22)24-8-4-5-9-24/h4-10H,12H2,1-3H3,(H,23,25). The van der Waals surface area contributed by atoms with Crippen LogP contribution in [0.5, 0.6) is 0 Å². The third-order valence-electron chi connectivity index (χ3n) is 4.35. The number of hydrogen-bond donors (Lipinski definition) is 1. The number of furan rings is 1. The van der Waals surface area contributed by atoms with Crippen LogP contribution in [0, 0.1) is 32.1 Å². The van der Waals surface area contributed by atoms with Gasteiger partial charge in [0.05, 0.1) is 0 Å². The van der Waals surface area contributed by atoms with E-state index in [2.05, 4.69) is 5.32 Å². The van der Waals surface area contributed by atoms with Gasteiger partial charge in [0.25, 0.3) is 5.91 Å². The molecule has 1 aromatic carbocycles. The van der Waals surface area contributed by atoms with Gasteiger partial charge in [0.15, 0.2) is 6.61 Å². The second-order valence-electron chi connectivity index (χ2n) is 6.34. The number of carbonyl (C=O) groups excluding carboxylic acids is 2. The third kappa shape index (κ3) is 3.81. The fourth-order valence-corrected chi connectivity index (χ4v) is 2.75. The first-order chi connectivity index (χ1) is 13.4. The molecule has 0 saturated heterocycles. The lowest BCUT2D eigenvalue weighted by atomic mass is 10.1. The van der Waals surface area contributed by atoms with E-state index in [4.69, 9.17) is 9.15 Å². The molecule has 0 radical (unpaired) electrons. The molecule has 0 aliphatic rings. The Hall–Kier alpha value is -3.79. The number of nitrogens with one attached hydrogen (secondary N) is 1. The molecule has 0 aliphatic carbocycles. The maximum absolute atomic E-state index is 12.5. The molecular weight excluding hydrogens is 358 g/mol. The summed E-state index contributed by atoms with van der Waals surface area (Å²) in [6.45, 7) is 5.02. The summed E-state index contributed by atoms with van der Waals surface area (Å²) in [5.41, 5.74) is 2.86. The van der Waals surface area contributed by atoms with Crippen LogP contribution in [0.25, 0.3) is 5.88 Å². The molecule has 3 aromatic rings. The Labute approximate surface area is 162 Å². The van der Waals surface area contributed by atoms with Gasteiger partial charge in [-0.1, -0.05) is 6.07 Å². The van der Waals surface area contributed by atoms with Crippen molar-refractivity contribution in [1.82, 2.24) is 4.57 Å². The summed E-state index contributed by atoms with van der Waals surface area (Å²) in [6, 6.07) is 11.0. The highest BCUT2D eigenvalue weighted by atomic mass is 16.5. The summed E-state index contributed by atoms with van der Waals surface area (Å²) in [6.07, 6.45) is 3.40. The number of ether oxygens (including phenoxy) is 1. The van der Waals surface area contributed by atoms with Crippen LogP contribution in [0.2, 0.25) is 0 Å². The minimum Gasteiger partial charge on any atom is -0.452 e. The Morgan fingerprint density at radius 1 is 1.18 bits per heavy atom. The number of anilines is 1. The van der Waals surface area contributed by atoms with Crippen LogP contribution >= 0.6 is 0 Å². The van der Waals surface area contributed by atoms with Crippen molar-refractivity contribution >= 4 is 17.6 Å². The van der Waals surface area contributed by atoms with Crippen molar-refractivity contribution in [2.24, 2.45) is 0 Å². The maximum Gasteiger partial charge on any atom is 0.343 e. The van der Waals surface area contributed by atoms with E-state index in [0.717, 1.165) is 11.1 Å². The van der Waals surface area contributed by atoms with Crippen LogP contribution in [-0.2, 0) is 9.53 Å². The number of nitriles is 1. The van der Waals surface area contributed by atoms with Crippen molar-refractivity contribution in [3.63, 3.8) is 0 Å². The molecule has 7 heteroatoms. The summed E-state index contributed by atoms with van der Waals surface area (Å²) in [5.74, 6) is -0.773. The highest BCUT2D eigenvalue weighted by Gasteiger charge is 2.26. The number of hydrogen-bond acceptors (Lipinski definition) is 5. The molecule has 1 amide bonds. The van der Waals surface area contributed by atoms with Gasteiger partial charge in [0.2, 0.25) is 5.88 Å². The summed E-state index contributed by atoms with van der Waals surface area (Å²) in [4.78, 5) is 24.6. The van der Waals surface area contributed by atoms with E-state index in [-0.39, 0.29) is 22.8 Å². The van der Waals surface area contributed by atoms with Gasteiger partial charge in [-0.25, -0.2) is 4.79 Å². The second-order valence-corrected chi connectivity index (χ2v) is 6.34. The van der Waals surface area contributed by atoms with Gasteiger partial charge < -0.3 is 14.5 Å². The Bertz CT molecular complexity index is 1070. The van der Waals surface area contributed by atoms with Gasteiger partial charge >= 0.3 is 5.97 Å². The van der Waals surface area contributed by atoms with E-state index < -0.39 is 18.5 Å². The van der Waals surface area contributed by atoms with E-state index in [0.29, 0.717) is 5.69 Å². The van der Waals surface area contributed by atoms with Crippen molar-refractivity contribution < 1.29 is 18.7 Å². The maximum atomic E-state index is 12.5. The zero-order chi connectivity index (χ0) is 20.3. The van der Waals surface area contributed by atoms with Crippen molar-refractivity contribution in [1.29, 1.82) is 5.26 Å². The number of amides is 1. The monoisotopic (exact) mass is 377 g/mol. The highest BCUT2D eigenvalue weighted by Crippen LogP contribution is 2.26. The van der Waals surface area contributed by atoms with Gasteiger partial charge in [-0.2, -0.15) is 5.26 Å². The van der Waals surface area contributed by atoms with E-state index in [9.17, 15) is 14.9 Å². The average Bonchev–Trinajstić information content (AvgIpc) is 3.30. The molecule has 7 nitrogen and oxygen atoms in total. The van der Waals surface area contributed by atoms with Gasteiger partial charge in [-0.05, 0) is 56.2 Å². The summed E-state index contributed by atoms with van der Waals surface area (Å²) in [5, 5.41) is 12.1. The fourth-order valence-electron chi connectivity index (χ4n) is 2.75. The van der Waals surface area contributed by atoms with Crippen molar-refractivity contribution in [2.45, 2.75) is 20.8 Å². The molecule has 142 valence electrons. The minimum absolute atomic E-state index is 0.0187. The molecule has 0 aliphatic heterocycles. The molecule has 2 heterocycles. The normalized spacial score (nSPS) is 10.4. The molecule has 0 fully saturated rings. The summed E-state index contributed by atoms with van der Waals surface area (Å²) in [7, 11) is 0. The predicted molar refractivity (Wildman–Crippen MR) is 102 cm³/mol. The third-order valence-corrected chi connectivity index (χ3v) is 4.35. The first kappa shape index (κ1) is 19.0. The summed E-state index contributed by atoms with van der Waals surface area (Å²) < 4.78 is 12.3. The molecule has 0 unspecified atom stereocenters. The molecule has 2 aromatic heterocycles. The van der Waals surface area contributed by atoms with Crippen LogP contribution < -0.4 is 5.32 Å². The lowest BCUT2D eigenvalue weighted by Crippen LogP contribution is -2.21. The number of benzene rings is 1. The van der Waals surface area contributed by atoms with E-state index in [1.165, 1.54) is 0 Å². The molecule has 0 bridgehead atoms. The largest absolute Gasteiger partial charge is 0.452 e. The molecular formula is C21H19N3O4. The smallest absolute Gasteiger partial charge is 0.343 e. The van der Waals surface area contributed by atoms with E-state index >= 15 is 0 Å². The average molecular weight is 377 g/mol. The lowest BCUT2D eigenvalue weighted by molar-refractivity contribution is -0.119. The zero-order valence-corrected chi connectivity index (χ0v) is 15.8. The molecule has 1 N–H and O–H groups in total. The Balaban J connectivity index is 1.70. The molecule has 3 rings (SSSR count). The number of nitrogens with zero attached hydrogens (tertiary/aromatic N) is 2. The van der Waals surface area contributed by atoms with E-state index in [1.54, 1.807) is 42.1 Å². The second kappa shape index (κ2) is 7.84. The molecule has 0 atom stereocenters. The first-order valence-corrected chi connectivity index (χ1v) is 8.61. The van der Waals surface area contributed by atoms with Crippen molar-refractivity contribution in [2.75, 3.05) is 11.9 Å². The molecule has 28 heavy (non-hydrogen) atoms. The molecule has 0 saturated carbocycles. The van der Waals surface area contributed by atoms with E-state index in [1.807, 2.05) is 32.0 Å².